The molecule has 1 aromatic heterocycles. The molecule has 6 rings (SSSR count). The van der Waals surface area contributed by atoms with Gasteiger partial charge in [0.1, 0.15) is 5.22 Å². The van der Waals surface area contributed by atoms with Gasteiger partial charge in [0.15, 0.2) is 5.69 Å². The van der Waals surface area contributed by atoms with Crippen LogP contribution < -0.4 is 10.4 Å². The predicted octanol–water partition coefficient (Wildman–Crippen LogP) is 10.6. The molecule has 2 heterocycles. The highest BCUT2D eigenvalue weighted by Crippen LogP contribution is 2.49. The molecule has 1 aliphatic heterocycles. The van der Waals surface area contributed by atoms with E-state index in [0.717, 1.165) is 55.1 Å². The minimum atomic E-state index is 0.00690. The molecule has 230 valence electrons. The van der Waals surface area contributed by atoms with Crippen molar-refractivity contribution in [2.45, 2.75) is 99.3 Å². The standard InChI is InChI=1S/C43H48N2/c1-40(2,3)26-13-17-36-32(21-26)30(33-22-27(41(4,5)6)14-18-37(33)44-36)25-31-34-23-28(42(7,8)9)15-19-38(34)45-39-20-16-29(24-35(31)39)43(10,11)12/h13-24H,1-12H3. The van der Waals surface area contributed by atoms with Gasteiger partial charge in [-0.15, -0.1) is 11.4 Å². The third-order valence-electron chi connectivity index (χ3n) is 9.26. The molecule has 0 bridgehead atoms. The largest absolute Gasteiger partial charge is 0.657 e. The van der Waals surface area contributed by atoms with E-state index in [1.54, 1.807) is 0 Å². The van der Waals surface area contributed by atoms with Crippen molar-refractivity contribution in [1.29, 1.82) is 0 Å². The first kappa shape index (κ1) is 31.0. The normalized spacial score (nSPS) is 14.8. The van der Waals surface area contributed by atoms with E-state index in [4.69, 9.17) is 10.3 Å². The van der Waals surface area contributed by atoms with E-state index >= 15 is 0 Å². The summed E-state index contributed by atoms with van der Waals surface area (Å²) >= 11 is 0. The molecule has 0 radical (unpaired) electrons. The highest BCUT2D eigenvalue weighted by atomic mass is 14.9. The maximum atomic E-state index is 5.19. The lowest BCUT2D eigenvalue weighted by Gasteiger charge is -2.37. The number of aromatic nitrogens is 1. The average molecular weight is 593 g/mol. The van der Waals surface area contributed by atoms with Crippen LogP contribution in [0.2, 0.25) is 0 Å². The van der Waals surface area contributed by atoms with E-state index in [1.165, 1.54) is 22.3 Å². The van der Waals surface area contributed by atoms with Crippen molar-refractivity contribution in [3.8, 4) is 0 Å². The van der Waals surface area contributed by atoms with Gasteiger partial charge in [-0.25, -0.2) is 4.98 Å². The Balaban J connectivity index is 1.86. The number of hydrogen-bond donors (Lipinski definition) is 0. The Morgan fingerprint density at radius 1 is 0.622 bits per heavy atom. The molecule has 2 heteroatoms. The van der Waals surface area contributed by atoms with Crippen LogP contribution >= 0.6 is 0 Å². The number of benzene rings is 3. The summed E-state index contributed by atoms with van der Waals surface area (Å²) in [6.45, 7) is 27.3. The Labute approximate surface area is 270 Å². The Morgan fingerprint density at radius 2 is 1.13 bits per heavy atom. The van der Waals surface area contributed by atoms with Crippen LogP contribution in [-0.4, -0.2) is 4.98 Å². The van der Waals surface area contributed by atoms with Gasteiger partial charge in [0, 0.05) is 16.4 Å². The van der Waals surface area contributed by atoms with Crippen molar-refractivity contribution in [1.82, 2.24) is 4.98 Å². The maximum Gasteiger partial charge on any atom is 0.182 e. The summed E-state index contributed by atoms with van der Waals surface area (Å²) in [5.74, 6) is 0. The van der Waals surface area contributed by atoms with E-state index < -0.39 is 0 Å². The molecule has 0 N–H and O–H groups in total. The van der Waals surface area contributed by atoms with Crippen LogP contribution in [0.15, 0.2) is 66.2 Å². The van der Waals surface area contributed by atoms with Gasteiger partial charge in [-0.05, 0) is 77.0 Å². The fourth-order valence-corrected chi connectivity index (χ4v) is 6.15. The monoisotopic (exact) mass is 592 g/mol. The Morgan fingerprint density at radius 3 is 1.64 bits per heavy atom. The minimum Gasteiger partial charge on any atom is -0.657 e. The van der Waals surface area contributed by atoms with Crippen LogP contribution in [-0.2, 0) is 16.2 Å². The summed E-state index contributed by atoms with van der Waals surface area (Å²) in [5, 5.41) is 8.57. The molecule has 0 saturated heterocycles. The van der Waals surface area contributed by atoms with Gasteiger partial charge in [-0.1, -0.05) is 111 Å². The molecule has 0 amide bonds. The molecule has 0 atom stereocenters. The Bertz CT molecular complexity index is 1990. The molecule has 0 saturated carbocycles. The summed E-state index contributed by atoms with van der Waals surface area (Å²) in [7, 11) is 0. The molecule has 2 aliphatic rings. The second kappa shape index (κ2) is 10.3. The van der Waals surface area contributed by atoms with Crippen molar-refractivity contribution >= 4 is 39.7 Å². The number of rotatable bonds is 0. The number of allylic oxidation sites excluding steroid dienone is 2. The molecule has 1 aliphatic carbocycles. The van der Waals surface area contributed by atoms with Gasteiger partial charge in [-0.3, -0.25) is 0 Å². The van der Waals surface area contributed by atoms with Gasteiger partial charge in [0.05, 0.1) is 34.9 Å². The third-order valence-corrected chi connectivity index (χ3v) is 9.26. The lowest BCUT2D eigenvalue weighted by atomic mass is 9.80. The van der Waals surface area contributed by atoms with E-state index in [2.05, 4.69) is 162 Å². The first-order valence-corrected chi connectivity index (χ1v) is 16.3. The first-order valence-electron chi connectivity index (χ1n) is 16.3. The molecule has 0 spiro atoms. The van der Waals surface area contributed by atoms with Crippen molar-refractivity contribution in [2.75, 3.05) is 0 Å². The van der Waals surface area contributed by atoms with Crippen molar-refractivity contribution in [3.63, 3.8) is 0 Å². The van der Waals surface area contributed by atoms with Crippen LogP contribution in [0.5, 0.6) is 0 Å². The summed E-state index contributed by atoms with van der Waals surface area (Å²) in [6.07, 6.45) is 6.77. The van der Waals surface area contributed by atoms with Crippen LogP contribution in [0.25, 0.3) is 33.6 Å². The topological polar surface area (TPSA) is 27.0 Å². The Hall–Kier alpha value is -4.00. The molecular weight excluding hydrogens is 544 g/mol. The zero-order chi connectivity index (χ0) is 32.7. The van der Waals surface area contributed by atoms with Crippen molar-refractivity contribution < 1.29 is 0 Å². The average Bonchev–Trinajstić information content (AvgIpc) is 2.93. The first-order chi connectivity index (χ1) is 20.8. The molecule has 4 aromatic rings. The minimum absolute atomic E-state index is 0.00690. The molecule has 45 heavy (non-hydrogen) atoms. The van der Waals surface area contributed by atoms with Crippen molar-refractivity contribution in [3.05, 3.63) is 122 Å². The highest BCUT2D eigenvalue weighted by molar-refractivity contribution is 6.03. The zero-order valence-electron chi connectivity index (χ0n) is 29.3. The van der Waals surface area contributed by atoms with Crippen molar-refractivity contribution in [2.24, 2.45) is 5.41 Å². The molecule has 0 fully saturated rings. The highest BCUT2D eigenvalue weighted by Gasteiger charge is 2.27. The Kier molecular flexibility index (Phi) is 7.07. The fourth-order valence-electron chi connectivity index (χ4n) is 6.15. The third kappa shape index (κ3) is 5.78. The van der Waals surface area contributed by atoms with Gasteiger partial charge >= 0.3 is 0 Å². The van der Waals surface area contributed by atoms with Gasteiger partial charge in [-0.2, -0.15) is 0 Å². The molecule has 0 unspecified atom stereocenters. The predicted molar refractivity (Wildman–Crippen MR) is 194 cm³/mol. The number of hydrogen-bond acceptors (Lipinski definition) is 1. The molecule has 3 aromatic carbocycles. The van der Waals surface area contributed by atoms with Crippen LogP contribution in [0, 0.1) is 11.8 Å². The lowest BCUT2D eigenvalue weighted by molar-refractivity contribution is 0.522. The summed E-state index contributed by atoms with van der Waals surface area (Å²) in [4.78, 5) is 5.19. The maximum absolute atomic E-state index is 5.19. The van der Waals surface area contributed by atoms with Gasteiger partial charge < -0.3 is 5.32 Å². The van der Waals surface area contributed by atoms with E-state index in [0.29, 0.717) is 0 Å². The van der Waals surface area contributed by atoms with E-state index in [1.807, 2.05) is 0 Å². The van der Waals surface area contributed by atoms with E-state index in [9.17, 15) is 0 Å². The van der Waals surface area contributed by atoms with Crippen LogP contribution in [0.4, 0.5) is 11.4 Å². The quantitative estimate of drug-likeness (QED) is 0.164. The SMILES string of the molecule is CC(C)(C)C1=C[CH+]c2nc3ccc(C(C)(C)C)cc3c(=C=C3c4cc(C(C)(C)C)ccc4[N-]c4ccc(C(C)(C)C)cc43)c2=C1. The van der Waals surface area contributed by atoms with Gasteiger partial charge in [0.2, 0.25) is 0 Å². The van der Waals surface area contributed by atoms with Gasteiger partial charge in [0.25, 0.3) is 0 Å². The number of fused-ring (bicyclic) bond motifs is 4. The van der Waals surface area contributed by atoms with E-state index in [-0.39, 0.29) is 21.7 Å². The zero-order valence-corrected chi connectivity index (χ0v) is 29.3. The smallest absolute Gasteiger partial charge is 0.182 e. The lowest BCUT2D eigenvalue weighted by Crippen LogP contribution is -2.33. The number of nitrogens with zero attached hydrogens (tertiary/aromatic N) is 2. The fraction of sp³-hybridized carbons (Fsp3) is 0.372. The second-order valence-electron chi connectivity index (χ2n) is 17.0. The summed E-state index contributed by atoms with van der Waals surface area (Å²) < 4.78 is 0. The second-order valence-corrected chi connectivity index (χ2v) is 17.0. The number of pyridine rings is 1. The molecule has 2 nitrogen and oxygen atoms in total. The summed E-state index contributed by atoms with van der Waals surface area (Å²) in [5.41, 5.74) is 16.7. The van der Waals surface area contributed by atoms with Crippen LogP contribution in [0.1, 0.15) is 117 Å². The molecular formula is C43H48N2. The summed E-state index contributed by atoms with van der Waals surface area (Å²) in [6, 6.07) is 20.3. The van der Waals surface area contributed by atoms with Crippen LogP contribution in [0.3, 0.4) is 0 Å².